The molecule has 2 aliphatic heterocycles. The summed E-state index contributed by atoms with van der Waals surface area (Å²) in [5, 5.41) is 9.79. The average molecular weight is 495 g/mol. The highest BCUT2D eigenvalue weighted by molar-refractivity contribution is 7.99. The van der Waals surface area contributed by atoms with Gasteiger partial charge in [0.05, 0.1) is 18.0 Å². The third-order valence-corrected chi connectivity index (χ3v) is 6.73. The molecule has 4 rings (SSSR count). The molecule has 166 valence electrons. The fourth-order valence-electron chi connectivity index (χ4n) is 3.90. The standard InChI is InChI=1S/C21H25ClFN3OS.2ClH/c22-16-2-5-20-19(14-16)26(18-4-3-17(23)15-21(18)28-20)7-1-6-24-8-10-25(11-9-24)12-13-27;;/h2-5,14-15,27H,1,6-13H2;2*1H. The van der Waals surface area contributed by atoms with Gasteiger partial charge in [0, 0.05) is 54.1 Å². The molecule has 9 heteroatoms. The molecule has 0 aromatic heterocycles. The molecular weight excluding hydrogens is 468 g/mol. The molecule has 1 saturated heterocycles. The Morgan fingerprint density at radius 3 is 2.27 bits per heavy atom. The number of nitrogens with zero attached hydrogens (tertiary/aromatic N) is 3. The highest BCUT2D eigenvalue weighted by Gasteiger charge is 2.24. The SMILES string of the molecule is Cl.Cl.OCCN1CCN(CCCN2c3ccc(F)cc3Sc3ccc(Cl)cc32)CC1. The van der Waals surface area contributed by atoms with Crippen molar-refractivity contribution in [3.63, 3.8) is 0 Å². The molecule has 0 aliphatic carbocycles. The summed E-state index contributed by atoms with van der Waals surface area (Å²) in [5.74, 6) is -0.204. The first-order chi connectivity index (χ1) is 13.6. The Balaban J connectivity index is 0.00000160. The molecule has 0 atom stereocenters. The molecule has 30 heavy (non-hydrogen) atoms. The van der Waals surface area contributed by atoms with Crippen molar-refractivity contribution in [2.75, 3.05) is 57.3 Å². The number of halogens is 4. The third kappa shape index (κ3) is 5.94. The second-order valence-corrected chi connectivity index (χ2v) is 8.76. The summed E-state index contributed by atoms with van der Waals surface area (Å²) in [6.45, 7) is 7.01. The number of piperazine rings is 1. The Hall–Kier alpha value is -0.730. The molecule has 0 radical (unpaired) electrons. The monoisotopic (exact) mass is 493 g/mol. The first kappa shape index (κ1) is 25.5. The molecule has 2 aromatic carbocycles. The van der Waals surface area contributed by atoms with Crippen LogP contribution in [0.5, 0.6) is 0 Å². The van der Waals surface area contributed by atoms with Crippen LogP contribution in [0.15, 0.2) is 46.2 Å². The van der Waals surface area contributed by atoms with Gasteiger partial charge in [-0.3, -0.25) is 4.90 Å². The largest absolute Gasteiger partial charge is 0.395 e. The summed E-state index contributed by atoms with van der Waals surface area (Å²) in [6.07, 6.45) is 1.02. The van der Waals surface area contributed by atoms with E-state index >= 15 is 0 Å². The van der Waals surface area contributed by atoms with E-state index in [2.05, 4.69) is 14.7 Å². The van der Waals surface area contributed by atoms with E-state index in [1.165, 1.54) is 6.07 Å². The van der Waals surface area contributed by atoms with Crippen molar-refractivity contribution in [2.24, 2.45) is 0 Å². The molecule has 2 aromatic rings. The van der Waals surface area contributed by atoms with E-state index in [1.807, 2.05) is 24.3 Å². The minimum absolute atomic E-state index is 0. The van der Waals surface area contributed by atoms with Gasteiger partial charge in [0.15, 0.2) is 0 Å². The number of benzene rings is 2. The van der Waals surface area contributed by atoms with Crippen molar-refractivity contribution in [1.82, 2.24) is 9.80 Å². The van der Waals surface area contributed by atoms with Crippen LogP contribution in [0.4, 0.5) is 15.8 Å². The molecule has 0 unspecified atom stereocenters. The Morgan fingerprint density at radius 1 is 0.867 bits per heavy atom. The van der Waals surface area contributed by atoms with Crippen LogP contribution in [-0.4, -0.2) is 67.3 Å². The van der Waals surface area contributed by atoms with Gasteiger partial charge in [-0.05, 0) is 49.4 Å². The topological polar surface area (TPSA) is 30.0 Å². The normalized spacial score (nSPS) is 16.3. The van der Waals surface area contributed by atoms with Crippen molar-refractivity contribution >= 4 is 59.6 Å². The highest BCUT2D eigenvalue weighted by atomic mass is 35.5. The number of fused-ring (bicyclic) bond motifs is 2. The van der Waals surface area contributed by atoms with E-state index in [0.29, 0.717) is 0 Å². The smallest absolute Gasteiger partial charge is 0.124 e. The van der Waals surface area contributed by atoms with Crippen LogP contribution < -0.4 is 4.90 Å². The van der Waals surface area contributed by atoms with Gasteiger partial charge >= 0.3 is 0 Å². The van der Waals surface area contributed by atoms with Crippen LogP contribution >= 0.6 is 48.2 Å². The number of β-amino-alcohol motifs (C(OH)–C–C–N with tert-alkyl or cyclic N) is 1. The van der Waals surface area contributed by atoms with Crippen molar-refractivity contribution in [3.8, 4) is 0 Å². The van der Waals surface area contributed by atoms with Crippen molar-refractivity contribution in [3.05, 3.63) is 47.2 Å². The van der Waals surface area contributed by atoms with Crippen molar-refractivity contribution in [2.45, 2.75) is 16.2 Å². The van der Waals surface area contributed by atoms with E-state index in [9.17, 15) is 4.39 Å². The molecule has 4 nitrogen and oxygen atoms in total. The van der Waals surface area contributed by atoms with Crippen LogP contribution in [0.1, 0.15) is 6.42 Å². The second-order valence-electron chi connectivity index (χ2n) is 7.24. The van der Waals surface area contributed by atoms with Gasteiger partial charge < -0.3 is 14.9 Å². The first-order valence-electron chi connectivity index (χ1n) is 9.74. The zero-order valence-electron chi connectivity index (χ0n) is 16.6. The predicted molar refractivity (Wildman–Crippen MR) is 128 cm³/mol. The molecule has 0 bridgehead atoms. The molecular formula is C21H27Cl3FN3OS. The molecule has 1 N–H and O–H groups in total. The van der Waals surface area contributed by atoms with E-state index in [0.717, 1.165) is 78.4 Å². The van der Waals surface area contributed by atoms with Crippen LogP contribution in [0.2, 0.25) is 5.02 Å². The van der Waals surface area contributed by atoms with Gasteiger partial charge in [-0.15, -0.1) is 24.8 Å². The number of aliphatic hydroxyl groups excluding tert-OH is 1. The number of aliphatic hydroxyl groups is 1. The highest BCUT2D eigenvalue weighted by Crippen LogP contribution is 2.49. The molecule has 1 fully saturated rings. The lowest BCUT2D eigenvalue weighted by atomic mass is 10.2. The minimum atomic E-state index is -0.204. The van der Waals surface area contributed by atoms with Gasteiger partial charge in [-0.25, -0.2) is 4.39 Å². The zero-order chi connectivity index (χ0) is 19.5. The maximum Gasteiger partial charge on any atom is 0.124 e. The Labute approximate surface area is 199 Å². The summed E-state index contributed by atoms with van der Waals surface area (Å²) in [7, 11) is 0. The quantitative estimate of drug-likeness (QED) is 0.615. The zero-order valence-corrected chi connectivity index (χ0v) is 19.8. The van der Waals surface area contributed by atoms with Gasteiger partial charge in [-0.2, -0.15) is 0 Å². The number of hydrogen-bond donors (Lipinski definition) is 1. The fourth-order valence-corrected chi connectivity index (χ4v) is 5.17. The van der Waals surface area contributed by atoms with Crippen LogP contribution in [0.3, 0.4) is 0 Å². The Morgan fingerprint density at radius 2 is 1.57 bits per heavy atom. The molecule has 0 spiro atoms. The van der Waals surface area contributed by atoms with Crippen molar-refractivity contribution < 1.29 is 9.50 Å². The summed E-state index contributed by atoms with van der Waals surface area (Å²) in [6, 6.07) is 10.9. The molecule has 0 amide bonds. The van der Waals surface area contributed by atoms with Gasteiger partial charge in [0.2, 0.25) is 0 Å². The van der Waals surface area contributed by atoms with Gasteiger partial charge in [-0.1, -0.05) is 23.4 Å². The van der Waals surface area contributed by atoms with Gasteiger partial charge in [0.25, 0.3) is 0 Å². The van der Waals surface area contributed by atoms with Crippen LogP contribution in [-0.2, 0) is 0 Å². The van der Waals surface area contributed by atoms with E-state index in [4.69, 9.17) is 16.7 Å². The van der Waals surface area contributed by atoms with E-state index < -0.39 is 0 Å². The average Bonchev–Trinajstić information content (AvgIpc) is 2.69. The molecule has 0 saturated carbocycles. The summed E-state index contributed by atoms with van der Waals surface area (Å²) >= 11 is 7.86. The summed E-state index contributed by atoms with van der Waals surface area (Å²) in [4.78, 5) is 9.12. The Kier molecular flexibility index (Phi) is 10.0. The lowest BCUT2D eigenvalue weighted by molar-refractivity contribution is 0.112. The minimum Gasteiger partial charge on any atom is -0.395 e. The number of anilines is 2. The number of rotatable bonds is 6. The van der Waals surface area contributed by atoms with Gasteiger partial charge in [0.1, 0.15) is 5.82 Å². The molecule has 2 aliphatic rings. The second kappa shape index (κ2) is 11.8. The van der Waals surface area contributed by atoms with Crippen molar-refractivity contribution in [1.29, 1.82) is 0 Å². The maximum atomic E-state index is 13.8. The van der Waals surface area contributed by atoms with E-state index in [-0.39, 0.29) is 37.2 Å². The first-order valence-corrected chi connectivity index (χ1v) is 10.9. The van der Waals surface area contributed by atoms with Crippen LogP contribution in [0, 0.1) is 5.82 Å². The number of hydrogen-bond acceptors (Lipinski definition) is 5. The Bertz CT molecular complexity index is 837. The maximum absolute atomic E-state index is 13.8. The summed E-state index contributed by atoms with van der Waals surface area (Å²) < 4.78 is 13.8. The predicted octanol–water partition coefficient (Wildman–Crippen LogP) is 4.93. The van der Waals surface area contributed by atoms with Crippen LogP contribution in [0.25, 0.3) is 0 Å². The molecule has 2 heterocycles. The fraction of sp³-hybridized carbons (Fsp3) is 0.429. The van der Waals surface area contributed by atoms with E-state index in [1.54, 1.807) is 17.8 Å². The summed E-state index contributed by atoms with van der Waals surface area (Å²) in [5.41, 5.74) is 2.15. The lowest BCUT2D eigenvalue weighted by Crippen LogP contribution is -2.47. The lowest BCUT2D eigenvalue weighted by Gasteiger charge is -2.36. The third-order valence-electron chi connectivity index (χ3n) is 5.38.